The van der Waals surface area contributed by atoms with Crippen molar-refractivity contribution >= 4 is 28.5 Å². The van der Waals surface area contributed by atoms with Crippen molar-refractivity contribution in [3.63, 3.8) is 0 Å². The molecule has 1 fully saturated rings. The van der Waals surface area contributed by atoms with Crippen LogP contribution in [-0.2, 0) is 7.05 Å². The highest BCUT2D eigenvalue weighted by Crippen LogP contribution is 2.24. The van der Waals surface area contributed by atoms with Crippen LogP contribution in [0.3, 0.4) is 0 Å². The first kappa shape index (κ1) is 21.7. The third-order valence-electron chi connectivity index (χ3n) is 5.33. The smallest absolute Gasteiger partial charge is 0.191 e. The molecule has 1 aliphatic rings. The average Bonchev–Trinajstić information content (AvgIpc) is 3.38. The molecule has 1 unspecified atom stereocenters. The van der Waals surface area contributed by atoms with Gasteiger partial charge in [0.1, 0.15) is 23.8 Å². The Balaban J connectivity index is 1.32. The van der Waals surface area contributed by atoms with Gasteiger partial charge in [0.15, 0.2) is 11.6 Å². The highest BCUT2D eigenvalue weighted by Gasteiger charge is 2.25. The molecule has 0 aliphatic carbocycles. The maximum atomic E-state index is 14.1. The summed E-state index contributed by atoms with van der Waals surface area (Å²) in [6, 6.07) is 3.81. The minimum absolute atomic E-state index is 0.113. The molecule has 0 spiro atoms. The van der Waals surface area contributed by atoms with Gasteiger partial charge in [-0.2, -0.15) is 5.10 Å². The number of aryl methyl sites for hydroxylation is 1. The molecule has 3 aromatic rings. The van der Waals surface area contributed by atoms with Gasteiger partial charge in [0.25, 0.3) is 0 Å². The fraction of sp³-hybridized carbons (Fsp3) is 0.429. The Morgan fingerprint density at radius 3 is 2.97 bits per heavy atom. The number of aliphatic imine (C=N–C) groups is 1. The van der Waals surface area contributed by atoms with Crippen LogP contribution >= 0.6 is 0 Å². The molecule has 1 aromatic carbocycles. The fourth-order valence-corrected chi connectivity index (χ4v) is 3.79. The topological polar surface area (TPSA) is 95.3 Å². The maximum absolute atomic E-state index is 14.1. The minimum Gasteiger partial charge on any atom is -0.367 e. The van der Waals surface area contributed by atoms with Gasteiger partial charge in [-0.25, -0.2) is 18.7 Å². The Hall–Kier alpha value is -3.50. The predicted octanol–water partition coefficient (Wildman–Crippen LogP) is 1.89. The zero-order chi connectivity index (χ0) is 22.5. The van der Waals surface area contributed by atoms with Crippen molar-refractivity contribution in [3.8, 4) is 0 Å². The second-order valence-corrected chi connectivity index (χ2v) is 7.59. The number of benzene rings is 1. The van der Waals surface area contributed by atoms with E-state index in [1.54, 1.807) is 10.9 Å². The van der Waals surface area contributed by atoms with Crippen LogP contribution in [0.1, 0.15) is 13.3 Å². The van der Waals surface area contributed by atoms with Crippen LogP contribution in [0.15, 0.2) is 35.7 Å². The van der Waals surface area contributed by atoms with E-state index in [1.165, 1.54) is 18.5 Å². The Labute approximate surface area is 184 Å². The predicted molar refractivity (Wildman–Crippen MR) is 121 cm³/mol. The van der Waals surface area contributed by atoms with E-state index < -0.39 is 11.6 Å². The van der Waals surface area contributed by atoms with Crippen molar-refractivity contribution in [1.82, 2.24) is 30.4 Å². The highest BCUT2D eigenvalue weighted by molar-refractivity contribution is 5.86. The molecule has 3 N–H and O–H groups in total. The molecule has 1 atom stereocenters. The van der Waals surface area contributed by atoms with Crippen LogP contribution in [0.5, 0.6) is 0 Å². The molecule has 0 radical (unpaired) electrons. The van der Waals surface area contributed by atoms with E-state index in [0.717, 1.165) is 35.9 Å². The quantitative estimate of drug-likeness (QED) is 0.292. The number of nitrogens with zero attached hydrogens (tertiary/aromatic N) is 6. The van der Waals surface area contributed by atoms with E-state index in [2.05, 4.69) is 36.0 Å². The zero-order valence-electron chi connectivity index (χ0n) is 18.1. The summed E-state index contributed by atoms with van der Waals surface area (Å²) in [6.45, 7) is 5.16. The lowest BCUT2D eigenvalue weighted by Crippen LogP contribution is -2.44. The molecule has 1 aliphatic heterocycles. The SMILES string of the molecule is CCNC(=NCCNc1ncnc2c1cnn2C)NC1CCN(c2ccc(F)cc2F)C1. The van der Waals surface area contributed by atoms with Gasteiger partial charge in [0, 0.05) is 45.3 Å². The molecule has 2 aromatic heterocycles. The van der Waals surface area contributed by atoms with E-state index in [4.69, 9.17) is 0 Å². The van der Waals surface area contributed by atoms with Gasteiger partial charge in [-0.3, -0.25) is 9.67 Å². The summed E-state index contributed by atoms with van der Waals surface area (Å²) < 4.78 is 29.0. The lowest BCUT2D eigenvalue weighted by atomic mass is 10.2. The normalized spacial score (nSPS) is 16.6. The van der Waals surface area contributed by atoms with Gasteiger partial charge in [-0.1, -0.05) is 0 Å². The molecule has 1 saturated heterocycles. The molecule has 9 nitrogen and oxygen atoms in total. The van der Waals surface area contributed by atoms with Gasteiger partial charge in [0.2, 0.25) is 0 Å². The average molecular weight is 444 g/mol. The lowest BCUT2D eigenvalue weighted by molar-refractivity contribution is 0.580. The summed E-state index contributed by atoms with van der Waals surface area (Å²) in [4.78, 5) is 15.1. The number of nitrogens with one attached hydrogen (secondary N) is 3. The van der Waals surface area contributed by atoms with Gasteiger partial charge in [-0.15, -0.1) is 0 Å². The fourth-order valence-electron chi connectivity index (χ4n) is 3.79. The van der Waals surface area contributed by atoms with E-state index in [1.807, 2.05) is 18.9 Å². The van der Waals surface area contributed by atoms with Gasteiger partial charge in [-0.05, 0) is 25.5 Å². The Morgan fingerprint density at radius 2 is 2.16 bits per heavy atom. The van der Waals surface area contributed by atoms with Crippen molar-refractivity contribution in [2.75, 3.05) is 42.9 Å². The minimum atomic E-state index is -0.568. The summed E-state index contributed by atoms with van der Waals surface area (Å²) >= 11 is 0. The Morgan fingerprint density at radius 1 is 1.28 bits per heavy atom. The van der Waals surface area contributed by atoms with Crippen LogP contribution < -0.4 is 20.9 Å². The zero-order valence-corrected chi connectivity index (χ0v) is 18.1. The first-order valence-corrected chi connectivity index (χ1v) is 10.7. The molecular formula is C21H27F2N9. The van der Waals surface area contributed by atoms with Crippen LogP contribution in [0.2, 0.25) is 0 Å². The molecule has 4 rings (SSSR count). The lowest BCUT2D eigenvalue weighted by Gasteiger charge is -2.21. The third kappa shape index (κ3) is 4.87. The number of anilines is 2. The number of fused-ring (bicyclic) bond motifs is 1. The standard InChI is InChI=1S/C21H27F2N9/c1-3-24-21(26-8-7-25-19-16-11-29-31(2)20(16)28-13-27-19)30-15-6-9-32(12-15)18-5-4-14(22)10-17(18)23/h4-5,10-11,13,15H,3,6-9,12H2,1-2H3,(H2,24,26,30)(H,25,27,28). The van der Waals surface area contributed by atoms with Crippen LogP contribution in [0, 0.1) is 11.6 Å². The van der Waals surface area contributed by atoms with Crippen molar-refractivity contribution in [2.45, 2.75) is 19.4 Å². The van der Waals surface area contributed by atoms with Crippen molar-refractivity contribution in [3.05, 3.63) is 42.4 Å². The number of hydrogen-bond acceptors (Lipinski definition) is 6. The van der Waals surface area contributed by atoms with Crippen LogP contribution in [0.4, 0.5) is 20.3 Å². The summed E-state index contributed by atoms with van der Waals surface area (Å²) in [6.07, 6.45) is 4.08. The number of rotatable bonds is 7. The first-order valence-electron chi connectivity index (χ1n) is 10.7. The van der Waals surface area contributed by atoms with E-state index in [9.17, 15) is 8.78 Å². The first-order chi connectivity index (χ1) is 15.5. The van der Waals surface area contributed by atoms with Gasteiger partial charge < -0.3 is 20.9 Å². The van der Waals surface area contributed by atoms with Crippen LogP contribution in [0.25, 0.3) is 11.0 Å². The van der Waals surface area contributed by atoms with E-state index in [0.29, 0.717) is 37.8 Å². The second-order valence-electron chi connectivity index (χ2n) is 7.59. The molecule has 3 heterocycles. The van der Waals surface area contributed by atoms with Gasteiger partial charge in [0.05, 0.1) is 23.8 Å². The number of guanidine groups is 1. The number of aromatic nitrogens is 4. The summed E-state index contributed by atoms with van der Waals surface area (Å²) in [5.74, 6) is 0.324. The van der Waals surface area contributed by atoms with E-state index in [-0.39, 0.29) is 6.04 Å². The molecule has 32 heavy (non-hydrogen) atoms. The molecular weight excluding hydrogens is 416 g/mol. The summed E-state index contributed by atoms with van der Waals surface area (Å²) in [5.41, 5.74) is 1.19. The maximum Gasteiger partial charge on any atom is 0.191 e. The Kier molecular flexibility index (Phi) is 6.62. The summed E-state index contributed by atoms with van der Waals surface area (Å²) in [5, 5.41) is 15.0. The molecule has 0 saturated carbocycles. The molecule has 0 amide bonds. The Bertz CT molecular complexity index is 1100. The third-order valence-corrected chi connectivity index (χ3v) is 5.33. The second kappa shape index (κ2) is 9.75. The summed E-state index contributed by atoms with van der Waals surface area (Å²) in [7, 11) is 1.84. The van der Waals surface area contributed by atoms with Crippen molar-refractivity contribution in [1.29, 1.82) is 0 Å². The number of halogens is 2. The number of hydrogen-bond donors (Lipinski definition) is 3. The monoisotopic (exact) mass is 443 g/mol. The van der Waals surface area contributed by atoms with Crippen molar-refractivity contribution < 1.29 is 8.78 Å². The molecule has 170 valence electrons. The highest BCUT2D eigenvalue weighted by atomic mass is 19.1. The van der Waals surface area contributed by atoms with E-state index >= 15 is 0 Å². The molecule has 11 heteroatoms. The van der Waals surface area contributed by atoms with Gasteiger partial charge >= 0.3 is 0 Å². The van der Waals surface area contributed by atoms with Crippen molar-refractivity contribution in [2.24, 2.45) is 12.0 Å². The van der Waals surface area contributed by atoms with Crippen LogP contribution in [-0.4, -0.2) is 64.5 Å². The largest absolute Gasteiger partial charge is 0.367 e. The molecule has 0 bridgehead atoms.